The Bertz CT molecular complexity index is 721. The molecule has 0 fully saturated rings. The van der Waals surface area contributed by atoms with Gasteiger partial charge in [0.1, 0.15) is 30.1 Å². The van der Waals surface area contributed by atoms with E-state index in [1.807, 2.05) is 60.7 Å². The van der Waals surface area contributed by atoms with Gasteiger partial charge in [0, 0.05) is 10.0 Å². The maximum absolute atomic E-state index is 8.83. The van der Waals surface area contributed by atoms with Crippen LogP contribution in [-0.2, 0) is 6.61 Å². The van der Waals surface area contributed by atoms with Crippen LogP contribution in [0.3, 0.4) is 0 Å². The van der Waals surface area contributed by atoms with Gasteiger partial charge < -0.3 is 4.74 Å². The predicted octanol–water partition coefficient (Wildman–Crippen LogP) is 4.46. The van der Waals surface area contributed by atoms with Gasteiger partial charge in [-0.05, 0) is 29.8 Å². The number of ether oxygens (including phenoxy) is 1. The second kappa shape index (κ2) is 7.28. The first-order chi connectivity index (χ1) is 10.2. The zero-order chi connectivity index (χ0) is 15.1. The lowest BCUT2D eigenvalue weighted by Gasteiger charge is -2.09. The van der Waals surface area contributed by atoms with Crippen LogP contribution in [0.2, 0.25) is 0 Å². The molecular weight excluding hydrogens is 328 g/mol. The van der Waals surface area contributed by atoms with Crippen LogP contribution in [0.5, 0.6) is 5.75 Å². The standard InChI is InChI=1S/C17H11BrN2O/c18-16-7-5-13(6-8-16)12-21-17-4-2-1-3-15(17)9-14(10-19)11-20/h1-9H,12H2. The molecule has 0 heterocycles. The molecule has 2 aromatic carbocycles. The molecule has 0 aliphatic rings. The van der Waals surface area contributed by atoms with Crippen LogP contribution in [0.15, 0.2) is 58.6 Å². The highest BCUT2D eigenvalue weighted by atomic mass is 79.9. The lowest BCUT2D eigenvalue weighted by Crippen LogP contribution is -1.96. The minimum atomic E-state index is 0.0506. The van der Waals surface area contributed by atoms with E-state index in [0.717, 1.165) is 10.0 Å². The van der Waals surface area contributed by atoms with Crippen molar-refractivity contribution in [2.45, 2.75) is 6.61 Å². The van der Waals surface area contributed by atoms with E-state index in [-0.39, 0.29) is 5.57 Å². The fourth-order valence-electron chi connectivity index (χ4n) is 1.72. The Labute approximate surface area is 131 Å². The molecule has 0 aliphatic carbocycles. The van der Waals surface area contributed by atoms with Crippen LogP contribution in [0.4, 0.5) is 0 Å². The Balaban J connectivity index is 2.18. The number of allylic oxidation sites excluding steroid dienone is 1. The second-order valence-corrected chi connectivity index (χ2v) is 5.15. The largest absolute Gasteiger partial charge is 0.488 e. The number of rotatable bonds is 4. The van der Waals surface area contributed by atoms with Gasteiger partial charge in [0.05, 0.1) is 0 Å². The van der Waals surface area contributed by atoms with E-state index in [4.69, 9.17) is 15.3 Å². The van der Waals surface area contributed by atoms with Gasteiger partial charge in [-0.2, -0.15) is 10.5 Å². The van der Waals surface area contributed by atoms with E-state index in [0.29, 0.717) is 17.9 Å². The molecule has 0 saturated heterocycles. The molecule has 3 nitrogen and oxygen atoms in total. The van der Waals surface area contributed by atoms with Crippen molar-refractivity contribution in [2.24, 2.45) is 0 Å². The number of halogens is 1. The molecular formula is C17H11BrN2O. The molecule has 102 valence electrons. The van der Waals surface area contributed by atoms with Gasteiger partial charge >= 0.3 is 0 Å². The van der Waals surface area contributed by atoms with E-state index in [2.05, 4.69) is 15.9 Å². The summed E-state index contributed by atoms with van der Waals surface area (Å²) >= 11 is 3.39. The number of benzene rings is 2. The fraction of sp³-hybridized carbons (Fsp3) is 0.0588. The van der Waals surface area contributed by atoms with E-state index in [9.17, 15) is 0 Å². The van der Waals surface area contributed by atoms with Gasteiger partial charge in [-0.15, -0.1) is 0 Å². The minimum absolute atomic E-state index is 0.0506. The Morgan fingerprint density at radius 1 is 1.05 bits per heavy atom. The van der Waals surface area contributed by atoms with Crippen molar-refractivity contribution in [1.29, 1.82) is 10.5 Å². The lowest BCUT2D eigenvalue weighted by molar-refractivity contribution is 0.305. The highest BCUT2D eigenvalue weighted by molar-refractivity contribution is 9.10. The Kier molecular flexibility index (Phi) is 5.15. The zero-order valence-electron chi connectivity index (χ0n) is 11.1. The van der Waals surface area contributed by atoms with E-state index in [1.54, 1.807) is 0 Å². The number of hydrogen-bond acceptors (Lipinski definition) is 3. The van der Waals surface area contributed by atoms with Crippen LogP contribution >= 0.6 is 15.9 Å². The van der Waals surface area contributed by atoms with Crippen LogP contribution < -0.4 is 4.74 Å². The maximum Gasteiger partial charge on any atom is 0.130 e. The number of hydrogen-bond donors (Lipinski definition) is 0. The predicted molar refractivity (Wildman–Crippen MR) is 84.1 cm³/mol. The molecule has 0 amide bonds. The normalized spacial score (nSPS) is 9.29. The third-order valence-electron chi connectivity index (χ3n) is 2.77. The van der Waals surface area contributed by atoms with Gasteiger partial charge in [-0.3, -0.25) is 0 Å². The molecule has 0 radical (unpaired) electrons. The summed E-state index contributed by atoms with van der Waals surface area (Å²) < 4.78 is 6.79. The Morgan fingerprint density at radius 3 is 2.38 bits per heavy atom. The molecule has 0 saturated carbocycles. The summed E-state index contributed by atoms with van der Waals surface area (Å²) in [4.78, 5) is 0. The summed E-state index contributed by atoms with van der Waals surface area (Å²) in [5.41, 5.74) is 1.81. The SMILES string of the molecule is N#CC(C#N)=Cc1ccccc1OCc1ccc(Br)cc1. The van der Waals surface area contributed by atoms with Crippen molar-refractivity contribution in [3.05, 3.63) is 69.7 Å². The van der Waals surface area contributed by atoms with E-state index >= 15 is 0 Å². The summed E-state index contributed by atoms with van der Waals surface area (Å²) in [7, 11) is 0. The maximum atomic E-state index is 8.83. The number of nitrogens with zero attached hydrogens (tertiary/aromatic N) is 2. The van der Waals surface area contributed by atoms with Crippen molar-refractivity contribution >= 4 is 22.0 Å². The van der Waals surface area contributed by atoms with E-state index < -0.39 is 0 Å². The van der Waals surface area contributed by atoms with Crippen LogP contribution in [-0.4, -0.2) is 0 Å². The molecule has 0 bridgehead atoms. The molecule has 0 N–H and O–H groups in total. The van der Waals surface area contributed by atoms with Gasteiger partial charge in [-0.25, -0.2) is 0 Å². The monoisotopic (exact) mass is 338 g/mol. The summed E-state index contributed by atoms with van der Waals surface area (Å²) in [6, 6.07) is 18.9. The van der Waals surface area contributed by atoms with Crippen LogP contribution in [0, 0.1) is 22.7 Å². The van der Waals surface area contributed by atoms with Crippen molar-refractivity contribution in [3.63, 3.8) is 0 Å². The smallest absolute Gasteiger partial charge is 0.130 e. The highest BCUT2D eigenvalue weighted by Gasteiger charge is 2.03. The first-order valence-corrected chi connectivity index (χ1v) is 7.00. The highest BCUT2D eigenvalue weighted by Crippen LogP contribution is 2.22. The van der Waals surface area contributed by atoms with Crippen LogP contribution in [0.1, 0.15) is 11.1 Å². The first-order valence-electron chi connectivity index (χ1n) is 6.21. The average molecular weight is 339 g/mol. The topological polar surface area (TPSA) is 56.8 Å². The van der Waals surface area contributed by atoms with E-state index in [1.165, 1.54) is 6.08 Å². The van der Waals surface area contributed by atoms with Gasteiger partial charge in [0.15, 0.2) is 0 Å². The molecule has 0 atom stereocenters. The van der Waals surface area contributed by atoms with Gasteiger partial charge in [0.25, 0.3) is 0 Å². The lowest BCUT2D eigenvalue weighted by atomic mass is 10.1. The van der Waals surface area contributed by atoms with Crippen molar-refractivity contribution in [2.75, 3.05) is 0 Å². The van der Waals surface area contributed by atoms with Crippen molar-refractivity contribution < 1.29 is 4.74 Å². The van der Waals surface area contributed by atoms with Crippen molar-refractivity contribution in [1.82, 2.24) is 0 Å². The molecule has 0 spiro atoms. The van der Waals surface area contributed by atoms with Crippen molar-refractivity contribution in [3.8, 4) is 17.9 Å². The van der Waals surface area contributed by atoms with Gasteiger partial charge in [0.2, 0.25) is 0 Å². The number of nitriles is 2. The van der Waals surface area contributed by atoms with Gasteiger partial charge in [-0.1, -0.05) is 46.3 Å². The molecule has 21 heavy (non-hydrogen) atoms. The minimum Gasteiger partial charge on any atom is -0.488 e. The molecule has 0 aliphatic heterocycles. The summed E-state index contributed by atoms with van der Waals surface area (Å²) in [6.45, 7) is 0.423. The second-order valence-electron chi connectivity index (χ2n) is 4.23. The first kappa shape index (κ1) is 14.8. The molecule has 2 rings (SSSR count). The average Bonchev–Trinajstić information content (AvgIpc) is 2.53. The third kappa shape index (κ3) is 4.21. The Hall–Kier alpha value is -2.56. The molecule has 0 unspecified atom stereocenters. The Morgan fingerprint density at radius 2 is 1.71 bits per heavy atom. The molecule has 0 aromatic heterocycles. The summed E-state index contributed by atoms with van der Waals surface area (Å²) in [5, 5.41) is 17.7. The van der Waals surface area contributed by atoms with Crippen LogP contribution in [0.25, 0.3) is 6.08 Å². The molecule has 2 aromatic rings. The quantitative estimate of drug-likeness (QED) is 0.773. The zero-order valence-corrected chi connectivity index (χ0v) is 12.7. The summed E-state index contributed by atoms with van der Waals surface area (Å²) in [6.07, 6.45) is 1.52. The fourth-order valence-corrected chi connectivity index (χ4v) is 1.98. The summed E-state index contributed by atoms with van der Waals surface area (Å²) in [5.74, 6) is 0.642. The molecule has 4 heteroatoms. The number of para-hydroxylation sites is 1. The third-order valence-corrected chi connectivity index (χ3v) is 3.30.